The fourth-order valence-electron chi connectivity index (χ4n) is 1.54. The smallest absolute Gasteiger partial charge is 0.220 e. The molecule has 0 atom stereocenters. The highest BCUT2D eigenvalue weighted by Crippen LogP contribution is 2.20. The van der Waals surface area contributed by atoms with Gasteiger partial charge in [-0.3, -0.25) is 0 Å². The van der Waals surface area contributed by atoms with Gasteiger partial charge in [-0.2, -0.15) is 15.4 Å². The van der Waals surface area contributed by atoms with Gasteiger partial charge in [-0.1, -0.05) is 12.1 Å². The van der Waals surface area contributed by atoms with E-state index in [1.165, 1.54) is 0 Å². The second kappa shape index (κ2) is 3.27. The molecule has 16 heavy (non-hydrogen) atoms. The van der Waals surface area contributed by atoms with E-state index < -0.39 is 0 Å². The average molecular weight is 212 g/mol. The van der Waals surface area contributed by atoms with Crippen molar-refractivity contribution in [2.24, 2.45) is 0 Å². The molecule has 0 saturated carbocycles. The van der Waals surface area contributed by atoms with Crippen molar-refractivity contribution >= 4 is 16.9 Å². The molecule has 6 nitrogen and oxygen atoms in total. The van der Waals surface area contributed by atoms with Crippen LogP contribution in [0.1, 0.15) is 0 Å². The summed E-state index contributed by atoms with van der Waals surface area (Å²) >= 11 is 0. The summed E-state index contributed by atoms with van der Waals surface area (Å²) in [6, 6.07) is 5.78. The summed E-state index contributed by atoms with van der Waals surface area (Å²) in [5.74, 6) is 0.268. The van der Waals surface area contributed by atoms with Crippen LogP contribution in [-0.4, -0.2) is 25.4 Å². The summed E-state index contributed by atoms with van der Waals surface area (Å²) < 4.78 is 0. The van der Waals surface area contributed by atoms with Gasteiger partial charge in [0.1, 0.15) is 5.69 Å². The van der Waals surface area contributed by atoms with Crippen molar-refractivity contribution in [1.29, 1.82) is 0 Å². The lowest BCUT2D eigenvalue weighted by atomic mass is 10.1. The molecule has 3 rings (SSSR count). The van der Waals surface area contributed by atoms with Crippen molar-refractivity contribution in [2.45, 2.75) is 0 Å². The second-order valence-corrected chi connectivity index (χ2v) is 3.36. The Morgan fingerprint density at radius 3 is 2.94 bits per heavy atom. The van der Waals surface area contributed by atoms with E-state index in [1.54, 1.807) is 12.4 Å². The number of benzene rings is 1. The lowest BCUT2D eigenvalue weighted by Gasteiger charge is -2.00. The Bertz CT molecular complexity index is 631. The molecule has 3 N–H and O–H groups in total. The van der Waals surface area contributed by atoms with Crippen LogP contribution in [0.5, 0.6) is 0 Å². The molecule has 2 aromatic heterocycles. The zero-order valence-corrected chi connectivity index (χ0v) is 8.25. The third-order valence-corrected chi connectivity index (χ3v) is 2.31. The van der Waals surface area contributed by atoms with Crippen LogP contribution >= 0.6 is 0 Å². The number of hydrogen-bond donors (Lipinski definition) is 2. The van der Waals surface area contributed by atoms with Crippen molar-refractivity contribution in [3.05, 3.63) is 30.6 Å². The minimum atomic E-state index is 0.268. The number of aromatic amines is 1. The number of H-pyrrole nitrogens is 1. The Hall–Kier alpha value is -2.50. The monoisotopic (exact) mass is 212 g/mol. The van der Waals surface area contributed by atoms with Crippen LogP contribution in [0.3, 0.4) is 0 Å². The number of fused-ring (bicyclic) bond motifs is 1. The molecule has 3 aromatic rings. The van der Waals surface area contributed by atoms with Gasteiger partial charge >= 0.3 is 0 Å². The Kier molecular flexibility index (Phi) is 1.79. The minimum Gasteiger partial charge on any atom is -0.368 e. The number of hydrogen-bond acceptors (Lipinski definition) is 5. The Morgan fingerprint density at radius 2 is 2.12 bits per heavy atom. The zero-order chi connectivity index (χ0) is 11.0. The first-order valence-electron chi connectivity index (χ1n) is 4.71. The molecule has 0 aliphatic heterocycles. The summed E-state index contributed by atoms with van der Waals surface area (Å²) in [6.07, 6.45) is 3.36. The topological polar surface area (TPSA) is 93.4 Å². The second-order valence-electron chi connectivity index (χ2n) is 3.36. The van der Waals surface area contributed by atoms with Gasteiger partial charge in [-0.15, -0.1) is 0 Å². The van der Waals surface area contributed by atoms with Crippen LogP contribution < -0.4 is 5.73 Å². The molecular formula is C10H8N6. The summed E-state index contributed by atoms with van der Waals surface area (Å²) in [4.78, 5) is 8.09. The first-order valence-corrected chi connectivity index (χ1v) is 4.71. The maximum Gasteiger partial charge on any atom is 0.220 e. The third kappa shape index (κ3) is 1.36. The highest BCUT2D eigenvalue weighted by Gasteiger charge is 2.03. The van der Waals surface area contributed by atoms with E-state index in [1.807, 2.05) is 18.2 Å². The Labute approximate surface area is 90.5 Å². The van der Waals surface area contributed by atoms with Crippen LogP contribution in [0.2, 0.25) is 0 Å². The predicted molar refractivity (Wildman–Crippen MR) is 59.3 cm³/mol. The van der Waals surface area contributed by atoms with E-state index in [0.29, 0.717) is 0 Å². The van der Waals surface area contributed by atoms with Gasteiger partial charge in [0.15, 0.2) is 0 Å². The minimum absolute atomic E-state index is 0.268. The highest BCUT2D eigenvalue weighted by atomic mass is 15.3. The first kappa shape index (κ1) is 8.78. The number of aromatic nitrogens is 5. The average Bonchev–Trinajstić information content (AvgIpc) is 2.81. The van der Waals surface area contributed by atoms with Crippen molar-refractivity contribution in [3.8, 4) is 11.3 Å². The SMILES string of the molecule is Nc1ncc2ccc(-c3cn[nH]n3)cc2n1. The molecular weight excluding hydrogens is 204 g/mol. The van der Waals surface area contributed by atoms with Gasteiger partial charge in [-0.05, 0) is 6.07 Å². The normalized spacial score (nSPS) is 10.8. The molecule has 0 aliphatic carbocycles. The number of nitrogens with one attached hydrogen (secondary N) is 1. The van der Waals surface area contributed by atoms with Gasteiger partial charge in [0.25, 0.3) is 0 Å². The highest BCUT2D eigenvalue weighted by molar-refractivity contribution is 5.83. The van der Waals surface area contributed by atoms with Crippen molar-refractivity contribution in [3.63, 3.8) is 0 Å². The molecule has 0 amide bonds. The zero-order valence-electron chi connectivity index (χ0n) is 8.25. The van der Waals surface area contributed by atoms with Gasteiger partial charge in [-0.25, -0.2) is 9.97 Å². The fraction of sp³-hybridized carbons (Fsp3) is 0. The summed E-state index contributed by atoms with van der Waals surface area (Å²) in [7, 11) is 0. The molecule has 0 spiro atoms. The summed E-state index contributed by atoms with van der Waals surface area (Å²) in [5.41, 5.74) is 8.06. The number of nitrogen functional groups attached to an aromatic ring is 1. The molecule has 0 saturated heterocycles. The molecule has 6 heteroatoms. The molecule has 0 fully saturated rings. The summed E-state index contributed by atoms with van der Waals surface area (Å²) in [5, 5.41) is 11.3. The largest absolute Gasteiger partial charge is 0.368 e. The third-order valence-electron chi connectivity index (χ3n) is 2.31. The van der Waals surface area contributed by atoms with Crippen LogP contribution in [-0.2, 0) is 0 Å². The molecule has 0 radical (unpaired) electrons. The van der Waals surface area contributed by atoms with Crippen LogP contribution in [0, 0.1) is 0 Å². The van der Waals surface area contributed by atoms with E-state index in [-0.39, 0.29) is 5.95 Å². The number of nitrogens with zero attached hydrogens (tertiary/aromatic N) is 4. The van der Waals surface area contributed by atoms with E-state index in [0.717, 1.165) is 22.2 Å². The van der Waals surface area contributed by atoms with Gasteiger partial charge in [0, 0.05) is 17.1 Å². The van der Waals surface area contributed by atoms with Crippen molar-refractivity contribution in [2.75, 3.05) is 5.73 Å². The molecule has 2 heterocycles. The van der Waals surface area contributed by atoms with E-state index in [9.17, 15) is 0 Å². The van der Waals surface area contributed by atoms with Crippen molar-refractivity contribution < 1.29 is 0 Å². The predicted octanol–water partition coefficient (Wildman–Crippen LogP) is 0.997. The van der Waals surface area contributed by atoms with E-state index in [2.05, 4.69) is 25.4 Å². The quantitative estimate of drug-likeness (QED) is 0.627. The molecule has 0 aliphatic rings. The lowest BCUT2D eigenvalue weighted by molar-refractivity contribution is 0.942. The molecule has 0 bridgehead atoms. The van der Waals surface area contributed by atoms with Crippen LogP contribution in [0.4, 0.5) is 5.95 Å². The standard InChI is InChI=1S/C10H8N6/c11-10-12-4-7-2-1-6(3-8(7)14-10)9-5-13-16-15-9/h1-5H,(H2,11,12,14)(H,13,15,16). The first-order chi connectivity index (χ1) is 7.83. The fourth-order valence-corrected chi connectivity index (χ4v) is 1.54. The van der Waals surface area contributed by atoms with Crippen LogP contribution in [0.25, 0.3) is 22.2 Å². The maximum atomic E-state index is 5.54. The van der Waals surface area contributed by atoms with Gasteiger partial charge < -0.3 is 5.73 Å². The van der Waals surface area contributed by atoms with E-state index >= 15 is 0 Å². The molecule has 0 unspecified atom stereocenters. The summed E-state index contributed by atoms with van der Waals surface area (Å²) in [6.45, 7) is 0. The lowest BCUT2D eigenvalue weighted by Crippen LogP contribution is -1.94. The number of rotatable bonds is 1. The van der Waals surface area contributed by atoms with Gasteiger partial charge in [0.2, 0.25) is 5.95 Å². The van der Waals surface area contributed by atoms with E-state index in [4.69, 9.17) is 5.73 Å². The van der Waals surface area contributed by atoms with Crippen molar-refractivity contribution in [1.82, 2.24) is 25.4 Å². The van der Waals surface area contributed by atoms with Gasteiger partial charge in [0.05, 0.1) is 11.7 Å². The molecule has 78 valence electrons. The van der Waals surface area contributed by atoms with Crippen LogP contribution in [0.15, 0.2) is 30.6 Å². The Balaban J connectivity index is 2.22. The number of nitrogens with two attached hydrogens (primary N) is 1. The maximum absolute atomic E-state index is 5.54. The Morgan fingerprint density at radius 1 is 1.19 bits per heavy atom. The number of anilines is 1. The molecule has 1 aromatic carbocycles.